The number of rotatable bonds is 4. The Morgan fingerprint density at radius 3 is 2.53 bits per heavy atom. The summed E-state index contributed by atoms with van der Waals surface area (Å²) in [7, 11) is 0. The van der Waals surface area contributed by atoms with E-state index in [0.29, 0.717) is 18.8 Å². The first kappa shape index (κ1) is 12.4. The molecule has 102 valence electrons. The number of carboxylic acid groups (broad SMARTS) is 1. The smallest absolute Gasteiger partial charge is 0.306 e. The number of carbonyl (C=O) groups is 1. The Kier molecular flexibility index (Phi) is 3.36. The summed E-state index contributed by atoms with van der Waals surface area (Å²) in [5.41, 5.74) is 1.10. The molecule has 1 aromatic heterocycles. The molecule has 0 aliphatic heterocycles. The highest BCUT2D eigenvalue weighted by atomic mass is 16.4. The first-order valence-electron chi connectivity index (χ1n) is 7.05. The van der Waals surface area contributed by atoms with Crippen LogP contribution in [0.5, 0.6) is 0 Å². The van der Waals surface area contributed by atoms with E-state index in [2.05, 4.69) is 21.6 Å². The SMILES string of the molecule is O=C(O)C1CC(Nc2ccc(C3CCCC3)nn2)C1. The van der Waals surface area contributed by atoms with Gasteiger partial charge in [0.1, 0.15) is 5.82 Å². The lowest BCUT2D eigenvalue weighted by Gasteiger charge is -2.33. The predicted molar refractivity (Wildman–Crippen MR) is 71.0 cm³/mol. The molecule has 2 N–H and O–H groups in total. The fraction of sp³-hybridized carbons (Fsp3) is 0.643. The minimum Gasteiger partial charge on any atom is -0.481 e. The number of nitrogens with zero attached hydrogens (tertiary/aromatic N) is 2. The molecule has 0 atom stereocenters. The molecule has 19 heavy (non-hydrogen) atoms. The van der Waals surface area contributed by atoms with Crippen molar-refractivity contribution in [1.29, 1.82) is 0 Å². The van der Waals surface area contributed by atoms with Gasteiger partial charge in [0.2, 0.25) is 0 Å². The van der Waals surface area contributed by atoms with Crippen molar-refractivity contribution in [3.05, 3.63) is 17.8 Å². The first-order chi connectivity index (χ1) is 9.22. The lowest BCUT2D eigenvalue weighted by molar-refractivity contribution is -0.144. The highest BCUT2D eigenvalue weighted by Gasteiger charge is 2.34. The van der Waals surface area contributed by atoms with Crippen molar-refractivity contribution >= 4 is 11.8 Å². The molecule has 0 radical (unpaired) electrons. The summed E-state index contributed by atoms with van der Waals surface area (Å²) < 4.78 is 0. The van der Waals surface area contributed by atoms with E-state index in [0.717, 1.165) is 11.5 Å². The lowest BCUT2D eigenvalue weighted by atomic mass is 9.80. The van der Waals surface area contributed by atoms with Crippen molar-refractivity contribution in [1.82, 2.24) is 10.2 Å². The standard InChI is InChI=1S/C14H19N3O2/c18-14(19)10-7-11(8-10)15-13-6-5-12(16-17-13)9-3-1-2-4-9/h5-6,9-11H,1-4,7-8H2,(H,15,17)(H,18,19). The van der Waals surface area contributed by atoms with Crippen LogP contribution in [0, 0.1) is 5.92 Å². The molecule has 0 saturated heterocycles. The van der Waals surface area contributed by atoms with Gasteiger partial charge in [-0.05, 0) is 37.8 Å². The fourth-order valence-corrected chi connectivity index (χ4v) is 3.01. The lowest BCUT2D eigenvalue weighted by Crippen LogP contribution is -2.39. The fourth-order valence-electron chi connectivity index (χ4n) is 3.01. The molecule has 1 aromatic rings. The minimum absolute atomic E-state index is 0.191. The van der Waals surface area contributed by atoms with Crippen molar-refractivity contribution in [2.24, 2.45) is 5.92 Å². The van der Waals surface area contributed by atoms with Crippen LogP contribution in [0.3, 0.4) is 0 Å². The number of aliphatic carboxylic acids is 1. The summed E-state index contributed by atoms with van der Waals surface area (Å²) in [5, 5.41) is 20.6. The van der Waals surface area contributed by atoms with E-state index in [4.69, 9.17) is 5.11 Å². The van der Waals surface area contributed by atoms with Gasteiger partial charge in [-0.15, -0.1) is 5.10 Å². The number of hydrogen-bond donors (Lipinski definition) is 2. The maximum Gasteiger partial charge on any atom is 0.306 e. The molecule has 0 aromatic carbocycles. The zero-order valence-electron chi connectivity index (χ0n) is 10.9. The van der Waals surface area contributed by atoms with Crippen molar-refractivity contribution in [2.75, 3.05) is 5.32 Å². The Hall–Kier alpha value is -1.65. The van der Waals surface area contributed by atoms with Crippen LogP contribution < -0.4 is 5.32 Å². The minimum atomic E-state index is -0.694. The van der Waals surface area contributed by atoms with E-state index in [1.165, 1.54) is 25.7 Å². The Balaban J connectivity index is 1.53. The highest BCUT2D eigenvalue weighted by Crippen LogP contribution is 2.33. The topological polar surface area (TPSA) is 75.1 Å². The molecule has 2 aliphatic carbocycles. The molecule has 2 fully saturated rings. The van der Waals surface area contributed by atoms with E-state index < -0.39 is 5.97 Å². The number of nitrogens with one attached hydrogen (secondary N) is 1. The summed E-state index contributed by atoms with van der Waals surface area (Å²) in [6, 6.07) is 4.25. The number of anilines is 1. The second-order valence-electron chi connectivity index (χ2n) is 5.67. The summed E-state index contributed by atoms with van der Waals surface area (Å²) in [4.78, 5) is 10.7. The second-order valence-corrected chi connectivity index (χ2v) is 5.67. The van der Waals surface area contributed by atoms with Crippen LogP contribution in [0.2, 0.25) is 0 Å². The molecule has 2 aliphatic rings. The molecule has 5 nitrogen and oxygen atoms in total. The average Bonchev–Trinajstić information content (AvgIpc) is 2.87. The van der Waals surface area contributed by atoms with Crippen LogP contribution in [-0.4, -0.2) is 27.3 Å². The van der Waals surface area contributed by atoms with Crippen LogP contribution in [0.25, 0.3) is 0 Å². The van der Waals surface area contributed by atoms with Crippen LogP contribution in [-0.2, 0) is 4.79 Å². The van der Waals surface area contributed by atoms with Gasteiger partial charge in [-0.25, -0.2) is 0 Å². The molecular formula is C14H19N3O2. The Bertz CT molecular complexity index is 448. The Morgan fingerprint density at radius 2 is 1.95 bits per heavy atom. The van der Waals surface area contributed by atoms with Gasteiger partial charge in [0.25, 0.3) is 0 Å². The zero-order chi connectivity index (χ0) is 13.2. The quantitative estimate of drug-likeness (QED) is 0.870. The summed E-state index contributed by atoms with van der Waals surface area (Å²) in [5.74, 6) is 0.459. The number of hydrogen-bond acceptors (Lipinski definition) is 4. The van der Waals surface area contributed by atoms with Gasteiger partial charge in [0, 0.05) is 12.0 Å². The van der Waals surface area contributed by atoms with Crippen LogP contribution in [0.4, 0.5) is 5.82 Å². The average molecular weight is 261 g/mol. The van der Waals surface area contributed by atoms with Gasteiger partial charge in [-0.1, -0.05) is 12.8 Å². The largest absolute Gasteiger partial charge is 0.481 e. The monoisotopic (exact) mass is 261 g/mol. The van der Waals surface area contributed by atoms with Gasteiger partial charge in [0.05, 0.1) is 11.6 Å². The van der Waals surface area contributed by atoms with Gasteiger partial charge in [0.15, 0.2) is 0 Å². The van der Waals surface area contributed by atoms with E-state index in [1.54, 1.807) is 0 Å². The highest BCUT2D eigenvalue weighted by molar-refractivity contribution is 5.71. The molecule has 2 saturated carbocycles. The van der Waals surface area contributed by atoms with Gasteiger partial charge in [-0.3, -0.25) is 4.79 Å². The van der Waals surface area contributed by atoms with Crippen molar-refractivity contribution in [3.8, 4) is 0 Å². The summed E-state index contributed by atoms with van der Waals surface area (Å²) in [6.07, 6.45) is 6.41. The first-order valence-corrected chi connectivity index (χ1v) is 7.05. The van der Waals surface area contributed by atoms with E-state index in [-0.39, 0.29) is 12.0 Å². The molecular weight excluding hydrogens is 242 g/mol. The third kappa shape index (κ3) is 2.69. The van der Waals surface area contributed by atoms with Crippen LogP contribution in [0.1, 0.15) is 50.1 Å². The third-order valence-corrected chi connectivity index (χ3v) is 4.30. The number of carboxylic acids is 1. The maximum atomic E-state index is 10.7. The molecule has 0 amide bonds. The molecule has 0 bridgehead atoms. The molecule has 1 heterocycles. The summed E-state index contributed by atoms with van der Waals surface area (Å²) >= 11 is 0. The molecule has 3 rings (SSSR count). The molecule has 0 spiro atoms. The van der Waals surface area contributed by atoms with Gasteiger partial charge < -0.3 is 10.4 Å². The van der Waals surface area contributed by atoms with Crippen molar-refractivity contribution in [2.45, 2.75) is 50.5 Å². The van der Waals surface area contributed by atoms with Crippen molar-refractivity contribution in [3.63, 3.8) is 0 Å². The Morgan fingerprint density at radius 1 is 1.21 bits per heavy atom. The van der Waals surface area contributed by atoms with Gasteiger partial charge >= 0.3 is 5.97 Å². The van der Waals surface area contributed by atoms with Crippen LogP contribution in [0.15, 0.2) is 12.1 Å². The molecule has 5 heteroatoms. The van der Waals surface area contributed by atoms with Crippen molar-refractivity contribution < 1.29 is 9.90 Å². The van der Waals surface area contributed by atoms with E-state index >= 15 is 0 Å². The Labute approximate surface area is 112 Å². The third-order valence-electron chi connectivity index (χ3n) is 4.30. The maximum absolute atomic E-state index is 10.7. The second kappa shape index (κ2) is 5.15. The van der Waals surface area contributed by atoms with Gasteiger partial charge in [-0.2, -0.15) is 5.10 Å². The van der Waals surface area contributed by atoms with E-state index in [1.807, 2.05) is 6.07 Å². The zero-order valence-corrected chi connectivity index (χ0v) is 10.9. The summed E-state index contributed by atoms with van der Waals surface area (Å²) in [6.45, 7) is 0. The predicted octanol–water partition coefficient (Wildman–Crippen LogP) is 2.41. The molecule has 0 unspecified atom stereocenters. The normalized spacial score (nSPS) is 26.9. The van der Waals surface area contributed by atoms with E-state index in [9.17, 15) is 4.79 Å². The van der Waals surface area contributed by atoms with Crippen LogP contribution >= 0.6 is 0 Å². The number of aromatic nitrogens is 2.